The summed E-state index contributed by atoms with van der Waals surface area (Å²) in [6.45, 7) is 0. The fourth-order valence-corrected chi connectivity index (χ4v) is 3.64. The zero-order chi connectivity index (χ0) is 14.8. The number of nitro benzene ring substituents is 1. The number of amides is 1. The number of sulfone groups is 1. The molecule has 2 N–H and O–H groups in total. The van der Waals surface area contributed by atoms with E-state index >= 15 is 0 Å². The molecule has 108 valence electrons. The molecule has 1 saturated heterocycles. The van der Waals surface area contributed by atoms with Gasteiger partial charge in [0.2, 0.25) is 0 Å². The number of nitro groups is 1. The third-order valence-electron chi connectivity index (χ3n) is 2.97. The smallest absolute Gasteiger partial charge is 0.282 e. The molecule has 9 heteroatoms. The number of nitrogens with zero attached hydrogens (tertiary/aromatic N) is 1. The molecule has 1 heterocycles. The van der Waals surface area contributed by atoms with Gasteiger partial charge < -0.3 is 0 Å². The van der Waals surface area contributed by atoms with E-state index in [1.807, 2.05) is 0 Å². The molecule has 1 aliphatic heterocycles. The second kappa shape index (κ2) is 5.55. The first-order valence-corrected chi connectivity index (χ1v) is 7.71. The molecule has 1 aromatic carbocycles. The lowest BCUT2D eigenvalue weighted by atomic mass is 10.2. The minimum absolute atomic E-state index is 0.0514. The van der Waals surface area contributed by atoms with Crippen molar-refractivity contribution in [3.63, 3.8) is 0 Å². The molecule has 0 bridgehead atoms. The molecular formula is C11H13N3O5S. The predicted molar refractivity (Wildman–Crippen MR) is 70.8 cm³/mol. The van der Waals surface area contributed by atoms with Gasteiger partial charge in [0.25, 0.3) is 11.6 Å². The number of hydrogen-bond acceptors (Lipinski definition) is 6. The highest BCUT2D eigenvalue weighted by Crippen LogP contribution is 2.17. The summed E-state index contributed by atoms with van der Waals surface area (Å²) in [6, 6.07) is 5.18. The lowest BCUT2D eigenvalue weighted by Crippen LogP contribution is -2.45. The van der Waals surface area contributed by atoms with Crippen LogP contribution in [0.5, 0.6) is 0 Å². The van der Waals surface area contributed by atoms with Crippen LogP contribution in [-0.4, -0.2) is 36.8 Å². The number of carbonyl (C=O) groups is 1. The Kier molecular flexibility index (Phi) is 4.00. The number of nitrogens with one attached hydrogen (secondary N) is 2. The Labute approximate surface area is 115 Å². The normalized spacial score (nSPS) is 20.5. The van der Waals surface area contributed by atoms with Crippen molar-refractivity contribution in [2.24, 2.45) is 0 Å². The van der Waals surface area contributed by atoms with Crippen molar-refractivity contribution in [3.05, 3.63) is 39.9 Å². The molecule has 1 amide bonds. The van der Waals surface area contributed by atoms with Gasteiger partial charge in [-0.1, -0.05) is 12.1 Å². The van der Waals surface area contributed by atoms with Gasteiger partial charge in [0, 0.05) is 12.1 Å². The van der Waals surface area contributed by atoms with Gasteiger partial charge in [-0.15, -0.1) is 0 Å². The molecule has 0 saturated carbocycles. The lowest BCUT2D eigenvalue weighted by molar-refractivity contribution is -0.385. The maximum absolute atomic E-state index is 11.9. The number of hydrogen-bond donors (Lipinski definition) is 2. The van der Waals surface area contributed by atoms with Gasteiger partial charge in [-0.25, -0.2) is 13.8 Å². The fraction of sp³-hybridized carbons (Fsp3) is 0.364. The Balaban J connectivity index is 2.01. The van der Waals surface area contributed by atoms with Gasteiger partial charge >= 0.3 is 0 Å². The first kappa shape index (κ1) is 14.4. The van der Waals surface area contributed by atoms with E-state index in [4.69, 9.17) is 0 Å². The van der Waals surface area contributed by atoms with E-state index in [0.29, 0.717) is 6.42 Å². The summed E-state index contributed by atoms with van der Waals surface area (Å²) in [5.74, 6) is -0.641. The average Bonchev–Trinajstić information content (AvgIpc) is 2.75. The summed E-state index contributed by atoms with van der Waals surface area (Å²) in [4.78, 5) is 22.0. The molecule has 0 aliphatic carbocycles. The Hall–Kier alpha value is -2.00. The second-order valence-electron chi connectivity index (χ2n) is 4.47. The van der Waals surface area contributed by atoms with Crippen LogP contribution in [-0.2, 0) is 9.84 Å². The summed E-state index contributed by atoms with van der Waals surface area (Å²) in [5.41, 5.74) is 4.54. The van der Waals surface area contributed by atoms with Crippen molar-refractivity contribution in [1.29, 1.82) is 0 Å². The molecule has 1 aromatic rings. The molecule has 1 aliphatic rings. The van der Waals surface area contributed by atoms with Crippen molar-refractivity contribution < 1.29 is 18.1 Å². The highest BCUT2D eigenvalue weighted by Gasteiger charge is 2.28. The highest BCUT2D eigenvalue weighted by molar-refractivity contribution is 7.91. The van der Waals surface area contributed by atoms with Crippen LogP contribution < -0.4 is 10.9 Å². The van der Waals surface area contributed by atoms with Crippen LogP contribution in [0.15, 0.2) is 24.3 Å². The van der Waals surface area contributed by atoms with Gasteiger partial charge in [0.15, 0.2) is 9.84 Å². The largest absolute Gasteiger partial charge is 0.287 e. The topological polar surface area (TPSA) is 118 Å². The molecule has 1 atom stereocenters. The van der Waals surface area contributed by atoms with Crippen molar-refractivity contribution in [2.45, 2.75) is 12.5 Å². The molecule has 20 heavy (non-hydrogen) atoms. The Morgan fingerprint density at radius 1 is 1.35 bits per heavy atom. The van der Waals surface area contributed by atoms with Gasteiger partial charge in [-0.2, -0.15) is 0 Å². The Morgan fingerprint density at radius 3 is 2.65 bits per heavy atom. The van der Waals surface area contributed by atoms with Gasteiger partial charge in [0.05, 0.1) is 16.4 Å². The van der Waals surface area contributed by atoms with Gasteiger partial charge in [-0.3, -0.25) is 20.3 Å². The third kappa shape index (κ3) is 3.31. The number of hydrazine groups is 1. The van der Waals surface area contributed by atoms with Crippen LogP contribution in [0, 0.1) is 10.1 Å². The van der Waals surface area contributed by atoms with E-state index in [9.17, 15) is 23.3 Å². The van der Waals surface area contributed by atoms with Crippen molar-refractivity contribution in [1.82, 2.24) is 10.9 Å². The predicted octanol–water partition coefficient (Wildman–Crippen LogP) is 0.0163. The Bertz CT molecular complexity index is 643. The molecule has 2 rings (SSSR count). The zero-order valence-corrected chi connectivity index (χ0v) is 11.2. The first-order chi connectivity index (χ1) is 9.39. The summed E-state index contributed by atoms with van der Waals surface area (Å²) in [7, 11) is -3.05. The van der Waals surface area contributed by atoms with Crippen molar-refractivity contribution in [2.75, 3.05) is 11.5 Å². The molecule has 0 aromatic heterocycles. The first-order valence-electron chi connectivity index (χ1n) is 5.89. The monoisotopic (exact) mass is 299 g/mol. The van der Waals surface area contributed by atoms with Crippen LogP contribution in [0.1, 0.15) is 16.8 Å². The van der Waals surface area contributed by atoms with E-state index in [0.717, 1.165) is 0 Å². The van der Waals surface area contributed by atoms with Crippen molar-refractivity contribution >= 4 is 21.4 Å². The zero-order valence-electron chi connectivity index (χ0n) is 10.4. The van der Waals surface area contributed by atoms with E-state index in [2.05, 4.69) is 10.9 Å². The summed E-state index contributed by atoms with van der Waals surface area (Å²) in [5, 5.41) is 10.8. The van der Waals surface area contributed by atoms with Crippen LogP contribution >= 0.6 is 0 Å². The standard InChI is InChI=1S/C11H13N3O5S/c15-11(9-3-1-2-4-10(9)14(16)17)13-12-8-5-6-20(18,19)7-8/h1-4,8,12H,5-7H2,(H,13,15)/t8-/m1/s1. The SMILES string of the molecule is O=C(NN[C@@H]1CCS(=O)(=O)C1)c1ccccc1[N+](=O)[O-]. The fourth-order valence-electron chi connectivity index (χ4n) is 1.97. The van der Waals surface area contributed by atoms with E-state index < -0.39 is 20.7 Å². The third-order valence-corrected chi connectivity index (χ3v) is 4.74. The number of rotatable bonds is 4. The molecule has 0 radical (unpaired) electrons. The molecule has 0 spiro atoms. The van der Waals surface area contributed by atoms with Crippen LogP contribution in [0.4, 0.5) is 5.69 Å². The van der Waals surface area contributed by atoms with Gasteiger partial charge in [-0.05, 0) is 12.5 Å². The summed E-state index contributed by atoms with van der Waals surface area (Å²) in [6.07, 6.45) is 0.402. The van der Waals surface area contributed by atoms with E-state index in [-0.39, 0.29) is 28.8 Å². The Morgan fingerprint density at radius 2 is 2.05 bits per heavy atom. The number of benzene rings is 1. The van der Waals surface area contributed by atoms with Crippen LogP contribution in [0.25, 0.3) is 0 Å². The van der Waals surface area contributed by atoms with Crippen LogP contribution in [0.3, 0.4) is 0 Å². The highest BCUT2D eigenvalue weighted by atomic mass is 32.2. The lowest BCUT2D eigenvalue weighted by Gasteiger charge is -2.12. The quantitative estimate of drug-likeness (QED) is 0.597. The van der Waals surface area contributed by atoms with Crippen LogP contribution in [0.2, 0.25) is 0 Å². The number of para-hydroxylation sites is 1. The summed E-state index contributed by atoms with van der Waals surface area (Å²) >= 11 is 0. The number of carbonyl (C=O) groups excluding carboxylic acids is 1. The maximum Gasteiger partial charge on any atom is 0.282 e. The molecule has 0 unspecified atom stereocenters. The molecule has 8 nitrogen and oxygen atoms in total. The maximum atomic E-state index is 11.9. The second-order valence-corrected chi connectivity index (χ2v) is 6.70. The minimum Gasteiger partial charge on any atom is -0.287 e. The van der Waals surface area contributed by atoms with E-state index in [1.54, 1.807) is 0 Å². The summed E-state index contributed by atoms with van der Waals surface area (Å²) < 4.78 is 22.5. The molecular weight excluding hydrogens is 286 g/mol. The minimum atomic E-state index is -3.05. The van der Waals surface area contributed by atoms with Gasteiger partial charge in [0.1, 0.15) is 5.56 Å². The molecule has 1 fully saturated rings. The average molecular weight is 299 g/mol. The van der Waals surface area contributed by atoms with E-state index in [1.165, 1.54) is 24.3 Å². The van der Waals surface area contributed by atoms with Crippen molar-refractivity contribution in [3.8, 4) is 0 Å².